The molecule has 0 bridgehead atoms. The maximum Gasteiger partial charge on any atom is 0.283 e. The molecular weight excluding hydrogens is 517 g/mol. The Kier molecular flexibility index (Phi) is 6.87. The van der Waals surface area contributed by atoms with Crippen molar-refractivity contribution in [2.45, 2.75) is 6.61 Å². The van der Waals surface area contributed by atoms with E-state index in [0.29, 0.717) is 37.8 Å². The molecule has 2 heterocycles. The number of thioether (sulfide) groups is 1. The van der Waals surface area contributed by atoms with E-state index in [1.54, 1.807) is 47.4 Å². The number of rotatable bonds is 6. The van der Waals surface area contributed by atoms with Crippen molar-refractivity contribution in [3.63, 3.8) is 0 Å². The van der Waals surface area contributed by atoms with Gasteiger partial charge in [0.05, 0.1) is 18.4 Å². The highest BCUT2D eigenvalue weighted by atomic mass is 35.5. The monoisotopic (exact) mass is 535 g/mol. The Morgan fingerprint density at radius 3 is 2.50 bits per heavy atom. The molecule has 1 N–H and O–H groups in total. The van der Waals surface area contributed by atoms with E-state index in [4.69, 9.17) is 38.1 Å². The number of hydrogen-bond acceptors (Lipinski definition) is 5. The molecule has 0 fully saturated rings. The van der Waals surface area contributed by atoms with E-state index in [0.717, 1.165) is 11.3 Å². The number of carbonyl (C=O) groups excluding carboxylic acids is 1. The number of fused-ring (bicyclic) bond motifs is 1. The summed E-state index contributed by atoms with van der Waals surface area (Å²) in [5.74, 6) is 0.561. The standard InChI is InChI=1S/C27H19Cl2N3O3S/c1-34-24-13-16(10-11-23(24)35-14-19-20(28)8-5-9-21(19)29)12-18-25(30)32-22(17-6-3-2-4-7-17)15-36-27(32)31-26(18)33/h2-13,15,30H,14H2,1H3/b18-12-,30-25?. The molecule has 0 saturated heterocycles. The van der Waals surface area contributed by atoms with Crippen molar-refractivity contribution in [2.24, 2.45) is 4.99 Å². The molecule has 3 aromatic carbocycles. The first-order valence-electron chi connectivity index (χ1n) is 10.9. The van der Waals surface area contributed by atoms with E-state index in [9.17, 15) is 4.79 Å². The number of aliphatic imine (C=N–C) groups is 1. The molecule has 2 aliphatic rings. The first-order chi connectivity index (χ1) is 17.5. The molecule has 9 heteroatoms. The van der Waals surface area contributed by atoms with E-state index < -0.39 is 5.91 Å². The zero-order chi connectivity index (χ0) is 25.2. The molecule has 180 valence electrons. The van der Waals surface area contributed by atoms with Crippen LogP contribution in [0.15, 0.2) is 82.7 Å². The van der Waals surface area contributed by atoms with Gasteiger partial charge in [-0.1, -0.05) is 77.4 Å². The summed E-state index contributed by atoms with van der Waals surface area (Å²) < 4.78 is 11.4. The summed E-state index contributed by atoms with van der Waals surface area (Å²) in [6.07, 6.45) is 1.63. The molecule has 3 aromatic rings. The van der Waals surface area contributed by atoms with Crippen LogP contribution in [0.4, 0.5) is 0 Å². The molecule has 0 aliphatic carbocycles. The maximum absolute atomic E-state index is 12.8. The van der Waals surface area contributed by atoms with Crippen LogP contribution in [0.2, 0.25) is 10.0 Å². The van der Waals surface area contributed by atoms with Crippen molar-refractivity contribution >= 4 is 63.6 Å². The second-order valence-electron chi connectivity index (χ2n) is 7.83. The summed E-state index contributed by atoms with van der Waals surface area (Å²) >= 11 is 13.8. The molecule has 5 rings (SSSR count). The van der Waals surface area contributed by atoms with Crippen molar-refractivity contribution in [2.75, 3.05) is 7.11 Å². The average molecular weight is 536 g/mol. The van der Waals surface area contributed by atoms with Crippen LogP contribution < -0.4 is 9.47 Å². The quantitative estimate of drug-likeness (QED) is 0.348. The lowest BCUT2D eigenvalue weighted by Gasteiger charge is -2.27. The van der Waals surface area contributed by atoms with Crippen LogP contribution in [-0.2, 0) is 11.4 Å². The van der Waals surface area contributed by atoms with Gasteiger partial charge in [-0.2, -0.15) is 4.99 Å². The van der Waals surface area contributed by atoms with Gasteiger partial charge in [0.1, 0.15) is 12.4 Å². The SMILES string of the molecule is COc1cc(/C=C2/C(=N)N3C(c4ccccc4)=CSC3=NC2=O)ccc1OCc1c(Cl)cccc1Cl. The number of amidine groups is 2. The van der Waals surface area contributed by atoms with E-state index in [-0.39, 0.29) is 18.0 Å². The van der Waals surface area contributed by atoms with Crippen molar-refractivity contribution in [1.82, 2.24) is 4.90 Å². The smallest absolute Gasteiger partial charge is 0.283 e. The van der Waals surface area contributed by atoms with Crippen LogP contribution in [-0.4, -0.2) is 28.9 Å². The fourth-order valence-electron chi connectivity index (χ4n) is 3.79. The minimum absolute atomic E-state index is 0.0674. The minimum atomic E-state index is -0.464. The van der Waals surface area contributed by atoms with Crippen LogP contribution in [0.3, 0.4) is 0 Å². The fourth-order valence-corrected chi connectivity index (χ4v) is 5.19. The summed E-state index contributed by atoms with van der Waals surface area (Å²) in [7, 11) is 1.53. The third-order valence-corrected chi connectivity index (χ3v) is 7.15. The zero-order valence-corrected chi connectivity index (χ0v) is 21.3. The van der Waals surface area contributed by atoms with Crippen molar-refractivity contribution in [1.29, 1.82) is 5.41 Å². The molecule has 0 aromatic heterocycles. The van der Waals surface area contributed by atoms with Gasteiger partial charge in [-0.25, -0.2) is 0 Å². The highest BCUT2D eigenvalue weighted by Gasteiger charge is 2.36. The Labute approximate surface area is 222 Å². The molecule has 0 radical (unpaired) electrons. The second-order valence-corrected chi connectivity index (χ2v) is 9.48. The molecule has 6 nitrogen and oxygen atoms in total. The third-order valence-electron chi connectivity index (χ3n) is 5.62. The van der Waals surface area contributed by atoms with Gasteiger partial charge in [0.25, 0.3) is 5.91 Å². The number of amides is 1. The highest BCUT2D eigenvalue weighted by Crippen LogP contribution is 2.38. The van der Waals surface area contributed by atoms with Gasteiger partial charge in [-0.3, -0.25) is 15.1 Å². The predicted molar refractivity (Wildman–Crippen MR) is 146 cm³/mol. The largest absolute Gasteiger partial charge is 0.493 e. The summed E-state index contributed by atoms with van der Waals surface area (Å²) in [6, 6.07) is 20.2. The van der Waals surface area contributed by atoms with Crippen LogP contribution in [0.25, 0.3) is 11.8 Å². The third kappa shape index (κ3) is 4.65. The van der Waals surface area contributed by atoms with Gasteiger partial charge in [0.2, 0.25) is 0 Å². The second kappa shape index (κ2) is 10.2. The Bertz CT molecular complexity index is 1450. The Hall–Kier alpha value is -3.52. The first kappa shape index (κ1) is 24.2. The van der Waals surface area contributed by atoms with Gasteiger partial charge < -0.3 is 9.47 Å². The summed E-state index contributed by atoms with van der Waals surface area (Å²) in [4.78, 5) is 18.7. The number of methoxy groups -OCH3 is 1. The van der Waals surface area contributed by atoms with E-state index in [1.165, 1.54) is 18.9 Å². The van der Waals surface area contributed by atoms with Gasteiger partial charge in [-0.15, -0.1) is 0 Å². The Morgan fingerprint density at radius 2 is 1.78 bits per heavy atom. The molecule has 0 atom stereocenters. The summed E-state index contributed by atoms with van der Waals surface area (Å²) in [5, 5.41) is 12.2. The number of ether oxygens (including phenoxy) is 2. The predicted octanol–water partition coefficient (Wildman–Crippen LogP) is 6.89. The van der Waals surface area contributed by atoms with E-state index in [1.807, 2.05) is 35.7 Å². The average Bonchev–Trinajstić information content (AvgIpc) is 3.31. The van der Waals surface area contributed by atoms with E-state index in [2.05, 4.69) is 4.99 Å². The van der Waals surface area contributed by atoms with E-state index >= 15 is 0 Å². The fraction of sp³-hybridized carbons (Fsp3) is 0.0741. The lowest BCUT2D eigenvalue weighted by molar-refractivity contribution is -0.114. The first-order valence-corrected chi connectivity index (χ1v) is 12.5. The normalized spacial score (nSPS) is 16.1. The van der Waals surface area contributed by atoms with Gasteiger partial charge in [0.15, 0.2) is 16.7 Å². The van der Waals surface area contributed by atoms with Gasteiger partial charge >= 0.3 is 0 Å². The summed E-state index contributed by atoms with van der Waals surface area (Å²) in [5.41, 5.74) is 3.27. The number of nitrogens with zero attached hydrogens (tertiary/aromatic N) is 2. The Morgan fingerprint density at radius 1 is 1.03 bits per heavy atom. The van der Waals surface area contributed by atoms with Crippen molar-refractivity contribution < 1.29 is 14.3 Å². The highest BCUT2D eigenvalue weighted by molar-refractivity contribution is 8.17. The molecular formula is C27H19Cl2N3O3S. The minimum Gasteiger partial charge on any atom is -0.493 e. The lowest BCUT2D eigenvalue weighted by atomic mass is 10.1. The van der Waals surface area contributed by atoms with Gasteiger partial charge in [-0.05, 0) is 41.5 Å². The molecule has 0 unspecified atom stereocenters. The molecule has 0 saturated carbocycles. The van der Waals surface area contributed by atoms with Gasteiger partial charge in [0, 0.05) is 21.0 Å². The lowest BCUT2D eigenvalue weighted by Crippen LogP contribution is -2.38. The molecule has 2 aliphatic heterocycles. The maximum atomic E-state index is 12.8. The molecule has 0 spiro atoms. The van der Waals surface area contributed by atoms with Crippen LogP contribution in [0, 0.1) is 5.41 Å². The number of carbonyl (C=O) groups is 1. The number of benzene rings is 3. The van der Waals surface area contributed by atoms with Crippen molar-refractivity contribution in [3.8, 4) is 11.5 Å². The van der Waals surface area contributed by atoms with Crippen LogP contribution in [0.5, 0.6) is 11.5 Å². The zero-order valence-electron chi connectivity index (χ0n) is 19.0. The molecule has 1 amide bonds. The van der Waals surface area contributed by atoms with Crippen LogP contribution in [0.1, 0.15) is 16.7 Å². The number of halogens is 2. The van der Waals surface area contributed by atoms with Crippen molar-refractivity contribution in [3.05, 3.63) is 104 Å². The van der Waals surface area contributed by atoms with Crippen LogP contribution >= 0.6 is 35.0 Å². The summed E-state index contributed by atoms with van der Waals surface area (Å²) in [6.45, 7) is 0.164. The number of hydrogen-bond donors (Lipinski definition) is 1. The number of nitrogens with one attached hydrogen (secondary N) is 1. The molecule has 36 heavy (non-hydrogen) atoms. The topological polar surface area (TPSA) is 75.0 Å². The Balaban J connectivity index is 1.41.